The maximum Gasteiger partial charge on any atom is 0.305 e. The van der Waals surface area contributed by atoms with E-state index in [1.807, 2.05) is 4.90 Å². The highest BCUT2D eigenvalue weighted by Gasteiger charge is 2.38. The number of rotatable bonds is 5. The summed E-state index contributed by atoms with van der Waals surface area (Å²) in [6.45, 7) is 1.75. The van der Waals surface area contributed by atoms with Crippen LogP contribution < -0.4 is 5.32 Å². The number of hydrogen-bond donors (Lipinski definition) is 2. The molecule has 6 heteroatoms. The van der Waals surface area contributed by atoms with Gasteiger partial charge in [-0.05, 0) is 25.7 Å². The Bertz CT molecular complexity index is 404. The van der Waals surface area contributed by atoms with Crippen molar-refractivity contribution in [1.29, 1.82) is 0 Å². The van der Waals surface area contributed by atoms with Gasteiger partial charge in [-0.1, -0.05) is 12.8 Å². The van der Waals surface area contributed by atoms with Crippen LogP contribution >= 0.6 is 0 Å². The van der Waals surface area contributed by atoms with Crippen LogP contribution in [-0.2, 0) is 14.4 Å². The molecule has 2 N–H and O–H groups in total. The van der Waals surface area contributed by atoms with Crippen LogP contribution in [0.25, 0.3) is 0 Å². The summed E-state index contributed by atoms with van der Waals surface area (Å²) in [5, 5.41) is 11.3. The standard InChI is InChI=1S/C15H24N2O4/c18-13(19)7-8-16-14(20)11-5-1-2-6-12(11)15(21)17-9-3-4-10-17/h11-12H,1-10H2,(H,16,20)(H,18,19). The molecule has 2 rings (SSSR count). The molecule has 0 bridgehead atoms. The first-order valence-corrected chi connectivity index (χ1v) is 7.88. The summed E-state index contributed by atoms with van der Waals surface area (Å²) >= 11 is 0. The van der Waals surface area contributed by atoms with Crippen LogP contribution in [0.2, 0.25) is 0 Å². The second-order valence-electron chi connectivity index (χ2n) is 5.96. The molecule has 0 aromatic heterocycles. The Morgan fingerprint density at radius 3 is 2.24 bits per heavy atom. The summed E-state index contributed by atoms with van der Waals surface area (Å²) in [6.07, 6.45) is 5.46. The van der Waals surface area contributed by atoms with Gasteiger partial charge in [-0.2, -0.15) is 0 Å². The van der Waals surface area contributed by atoms with E-state index in [2.05, 4.69) is 5.32 Å². The molecule has 1 heterocycles. The number of carboxylic acids is 1. The van der Waals surface area contributed by atoms with Crippen LogP contribution in [0.4, 0.5) is 0 Å². The zero-order valence-electron chi connectivity index (χ0n) is 12.3. The third kappa shape index (κ3) is 4.19. The summed E-state index contributed by atoms with van der Waals surface area (Å²) in [5.41, 5.74) is 0. The van der Waals surface area contributed by atoms with E-state index in [0.717, 1.165) is 51.6 Å². The summed E-state index contributed by atoms with van der Waals surface area (Å²) in [6, 6.07) is 0. The first kappa shape index (κ1) is 15.8. The van der Waals surface area contributed by atoms with E-state index >= 15 is 0 Å². The van der Waals surface area contributed by atoms with Gasteiger partial charge < -0.3 is 15.3 Å². The van der Waals surface area contributed by atoms with Crippen LogP contribution in [0.15, 0.2) is 0 Å². The lowest BCUT2D eigenvalue weighted by molar-refractivity contribution is -0.143. The molecule has 2 amide bonds. The average Bonchev–Trinajstić information content (AvgIpc) is 3.00. The SMILES string of the molecule is O=C(O)CCNC(=O)C1CCCCC1C(=O)N1CCCC1. The molecule has 0 aromatic carbocycles. The Kier molecular flexibility index (Phi) is 5.59. The highest BCUT2D eigenvalue weighted by atomic mass is 16.4. The van der Waals surface area contributed by atoms with E-state index in [1.165, 1.54) is 0 Å². The summed E-state index contributed by atoms with van der Waals surface area (Å²) in [7, 11) is 0. The van der Waals surface area contributed by atoms with Gasteiger partial charge in [0.05, 0.1) is 6.42 Å². The minimum absolute atomic E-state index is 0.0802. The molecule has 0 spiro atoms. The number of carbonyl (C=O) groups is 3. The van der Waals surface area contributed by atoms with E-state index < -0.39 is 5.97 Å². The van der Waals surface area contributed by atoms with Gasteiger partial charge in [0.15, 0.2) is 0 Å². The van der Waals surface area contributed by atoms with E-state index in [-0.39, 0.29) is 36.6 Å². The number of carboxylic acid groups (broad SMARTS) is 1. The number of nitrogens with one attached hydrogen (secondary N) is 1. The molecule has 2 unspecified atom stereocenters. The Balaban J connectivity index is 1.92. The number of aliphatic carboxylic acids is 1. The van der Waals surface area contributed by atoms with Crippen molar-refractivity contribution in [2.24, 2.45) is 11.8 Å². The highest BCUT2D eigenvalue weighted by molar-refractivity contribution is 5.88. The van der Waals surface area contributed by atoms with Gasteiger partial charge >= 0.3 is 5.97 Å². The van der Waals surface area contributed by atoms with Gasteiger partial charge in [0.1, 0.15) is 0 Å². The van der Waals surface area contributed by atoms with E-state index in [9.17, 15) is 14.4 Å². The minimum Gasteiger partial charge on any atom is -0.481 e. The van der Waals surface area contributed by atoms with Crippen molar-refractivity contribution >= 4 is 17.8 Å². The number of likely N-dealkylation sites (tertiary alicyclic amines) is 1. The average molecular weight is 296 g/mol. The Hall–Kier alpha value is -1.59. The molecule has 1 saturated heterocycles. The first-order chi connectivity index (χ1) is 10.1. The Morgan fingerprint density at radius 1 is 1.00 bits per heavy atom. The minimum atomic E-state index is -0.927. The number of carbonyl (C=O) groups excluding carboxylic acids is 2. The zero-order chi connectivity index (χ0) is 15.2. The first-order valence-electron chi connectivity index (χ1n) is 7.88. The molecule has 118 valence electrons. The van der Waals surface area contributed by atoms with E-state index in [1.54, 1.807) is 0 Å². The Labute approximate surface area is 124 Å². The lowest BCUT2D eigenvalue weighted by atomic mass is 9.78. The number of amides is 2. The fourth-order valence-corrected chi connectivity index (χ4v) is 3.34. The fraction of sp³-hybridized carbons (Fsp3) is 0.800. The molecule has 0 radical (unpaired) electrons. The second kappa shape index (κ2) is 7.43. The van der Waals surface area contributed by atoms with Crippen molar-refractivity contribution in [3.63, 3.8) is 0 Å². The third-order valence-electron chi connectivity index (χ3n) is 4.48. The normalized spacial score (nSPS) is 25.6. The predicted molar refractivity (Wildman–Crippen MR) is 76.5 cm³/mol. The molecule has 2 fully saturated rings. The van der Waals surface area contributed by atoms with Crippen LogP contribution in [0.3, 0.4) is 0 Å². The second-order valence-corrected chi connectivity index (χ2v) is 5.96. The van der Waals surface area contributed by atoms with Gasteiger partial charge in [0.25, 0.3) is 0 Å². The molecule has 1 aliphatic heterocycles. The monoisotopic (exact) mass is 296 g/mol. The molecule has 0 aromatic rings. The molecule has 2 atom stereocenters. The summed E-state index contributed by atoms with van der Waals surface area (Å²) < 4.78 is 0. The van der Waals surface area contributed by atoms with Crippen molar-refractivity contribution in [1.82, 2.24) is 10.2 Å². The van der Waals surface area contributed by atoms with Gasteiger partial charge in [-0.25, -0.2) is 0 Å². The zero-order valence-corrected chi connectivity index (χ0v) is 12.3. The maximum absolute atomic E-state index is 12.5. The van der Waals surface area contributed by atoms with Crippen LogP contribution in [0.1, 0.15) is 44.9 Å². The van der Waals surface area contributed by atoms with Crippen molar-refractivity contribution in [3.05, 3.63) is 0 Å². The summed E-state index contributed by atoms with van der Waals surface area (Å²) in [5.74, 6) is -1.48. The van der Waals surface area contributed by atoms with Crippen molar-refractivity contribution < 1.29 is 19.5 Å². The fourth-order valence-electron chi connectivity index (χ4n) is 3.34. The lowest BCUT2D eigenvalue weighted by Crippen LogP contribution is -2.45. The van der Waals surface area contributed by atoms with Crippen LogP contribution in [0, 0.1) is 11.8 Å². The molecule has 6 nitrogen and oxygen atoms in total. The highest BCUT2D eigenvalue weighted by Crippen LogP contribution is 2.32. The molecule has 1 saturated carbocycles. The lowest BCUT2D eigenvalue weighted by Gasteiger charge is -2.32. The molecule has 21 heavy (non-hydrogen) atoms. The van der Waals surface area contributed by atoms with Gasteiger partial charge in [-0.3, -0.25) is 14.4 Å². The van der Waals surface area contributed by atoms with Crippen molar-refractivity contribution in [2.45, 2.75) is 44.9 Å². The molecule has 2 aliphatic rings. The number of nitrogens with zero attached hydrogens (tertiary/aromatic N) is 1. The number of hydrogen-bond acceptors (Lipinski definition) is 3. The smallest absolute Gasteiger partial charge is 0.305 e. The molecular formula is C15H24N2O4. The van der Waals surface area contributed by atoms with Crippen molar-refractivity contribution in [2.75, 3.05) is 19.6 Å². The van der Waals surface area contributed by atoms with Crippen molar-refractivity contribution in [3.8, 4) is 0 Å². The third-order valence-corrected chi connectivity index (χ3v) is 4.48. The topological polar surface area (TPSA) is 86.7 Å². The van der Waals surface area contributed by atoms with Gasteiger partial charge in [-0.15, -0.1) is 0 Å². The van der Waals surface area contributed by atoms with Crippen LogP contribution in [-0.4, -0.2) is 47.4 Å². The quantitative estimate of drug-likeness (QED) is 0.792. The van der Waals surface area contributed by atoms with E-state index in [0.29, 0.717) is 0 Å². The molecular weight excluding hydrogens is 272 g/mol. The Morgan fingerprint density at radius 2 is 1.62 bits per heavy atom. The van der Waals surface area contributed by atoms with Gasteiger partial charge in [0.2, 0.25) is 11.8 Å². The largest absolute Gasteiger partial charge is 0.481 e. The summed E-state index contributed by atoms with van der Waals surface area (Å²) in [4.78, 5) is 37.2. The van der Waals surface area contributed by atoms with Crippen LogP contribution in [0.5, 0.6) is 0 Å². The van der Waals surface area contributed by atoms with Gasteiger partial charge in [0, 0.05) is 31.5 Å². The van der Waals surface area contributed by atoms with E-state index in [4.69, 9.17) is 5.11 Å². The molecule has 1 aliphatic carbocycles. The predicted octanol–water partition coefficient (Wildman–Crippen LogP) is 1.01. The maximum atomic E-state index is 12.5.